The third-order valence-electron chi connectivity index (χ3n) is 3.10. The van der Waals surface area contributed by atoms with Gasteiger partial charge in [0.1, 0.15) is 6.20 Å². The number of nitrogens with one attached hydrogen (secondary N) is 1. The maximum atomic E-state index is 12.1. The second kappa shape index (κ2) is 8.20. The van der Waals surface area contributed by atoms with Crippen LogP contribution in [0, 0.1) is 10.1 Å². The van der Waals surface area contributed by atoms with Crippen LogP contribution in [0.5, 0.6) is 0 Å². The summed E-state index contributed by atoms with van der Waals surface area (Å²) in [7, 11) is -1.02. The summed E-state index contributed by atoms with van der Waals surface area (Å²) >= 11 is 0.653. The van der Waals surface area contributed by atoms with Crippen LogP contribution < -0.4 is 5.32 Å². The number of ether oxygens (including phenoxy) is 1. The molecule has 0 spiro atoms. The number of carbonyl (C=O) groups excluding carboxylic acids is 2. The Morgan fingerprint density at radius 1 is 1.37 bits per heavy atom. The van der Waals surface area contributed by atoms with Gasteiger partial charge in [0.2, 0.25) is 10.0 Å². The van der Waals surface area contributed by atoms with Gasteiger partial charge in [0.05, 0.1) is 15.4 Å². The van der Waals surface area contributed by atoms with Crippen molar-refractivity contribution < 1.29 is 27.7 Å². The molecule has 1 aromatic carbocycles. The minimum absolute atomic E-state index is 0.0122. The maximum Gasteiger partial charge on any atom is 0.345 e. The van der Waals surface area contributed by atoms with Gasteiger partial charge in [-0.25, -0.2) is 22.5 Å². The van der Waals surface area contributed by atoms with Gasteiger partial charge in [0.15, 0.2) is 11.7 Å². The molecule has 0 aliphatic rings. The molecule has 144 valence electrons. The Morgan fingerprint density at radius 2 is 2.07 bits per heavy atom. The molecule has 2 aromatic rings. The number of aromatic nitrogens is 1. The second-order valence-corrected chi connectivity index (χ2v) is 8.36. The van der Waals surface area contributed by atoms with Gasteiger partial charge < -0.3 is 4.74 Å². The van der Waals surface area contributed by atoms with Crippen LogP contribution in [0.4, 0.5) is 10.1 Å². The van der Waals surface area contributed by atoms with E-state index in [9.17, 15) is 28.1 Å². The quantitative estimate of drug-likeness (QED) is 0.402. The monoisotopic (exact) mass is 414 g/mol. The van der Waals surface area contributed by atoms with Gasteiger partial charge in [-0.05, 0) is 29.5 Å². The van der Waals surface area contributed by atoms with Crippen LogP contribution in [-0.4, -0.2) is 55.2 Å². The number of nitro groups is 1. The van der Waals surface area contributed by atoms with Gasteiger partial charge in [0.25, 0.3) is 5.91 Å². The molecule has 0 saturated heterocycles. The topological polar surface area (TPSA) is 149 Å². The fourth-order valence-electron chi connectivity index (χ4n) is 1.77. The highest BCUT2D eigenvalue weighted by molar-refractivity contribution is 7.89. The number of hydrogen-bond acceptors (Lipinski definition) is 9. The standard InChI is InChI=1S/C14H14N4O7S2/c1-17(2)27(23,24)10-5-3-4-9(6-10)13(20)25-8-11(19)16-14-15-7-12(26-14)18(21)22/h3-7H,8H2,1-2H3,(H,15,16,19). The number of amides is 1. The van der Waals surface area contributed by atoms with Crippen LogP contribution in [0.3, 0.4) is 0 Å². The molecule has 0 bridgehead atoms. The summed E-state index contributed by atoms with van der Waals surface area (Å²) in [5.74, 6) is -1.64. The molecule has 1 aromatic heterocycles. The van der Waals surface area contributed by atoms with Gasteiger partial charge in [-0.3, -0.25) is 20.2 Å². The third kappa shape index (κ3) is 5.06. The Kier molecular flexibility index (Phi) is 6.20. The lowest BCUT2D eigenvalue weighted by atomic mass is 10.2. The van der Waals surface area contributed by atoms with E-state index < -0.39 is 33.4 Å². The molecular formula is C14H14N4O7S2. The second-order valence-electron chi connectivity index (χ2n) is 5.20. The van der Waals surface area contributed by atoms with E-state index in [-0.39, 0.29) is 20.6 Å². The van der Waals surface area contributed by atoms with Gasteiger partial charge >= 0.3 is 11.0 Å². The highest BCUT2D eigenvalue weighted by Crippen LogP contribution is 2.24. The summed E-state index contributed by atoms with van der Waals surface area (Å²) in [6.45, 7) is -0.670. The summed E-state index contributed by atoms with van der Waals surface area (Å²) in [6, 6.07) is 5.19. The molecule has 27 heavy (non-hydrogen) atoms. The average molecular weight is 414 g/mol. The summed E-state index contributed by atoms with van der Waals surface area (Å²) in [5, 5.41) is 12.6. The Balaban J connectivity index is 1.99. The molecule has 1 N–H and O–H groups in total. The van der Waals surface area contributed by atoms with Gasteiger partial charge in [-0.15, -0.1) is 0 Å². The lowest BCUT2D eigenvalue weighted by Crippen LogP contribution is -2.23. The smallest absolute Gasteiger partial charge is 0.345 e. The zero-order valence-corrected chi connectivity index (χ0v) is 15.7. The number of rotatable bonds is 7. The van der Waals surface area contributed by atoms with Crippen molar-refractivity contribution in [2.75, 3.05) is 26.0 Å². The molecular weight excluding hydrogens is 400 g/mol. The molecule has 0 unspecified atom stereocenters. The van der Waals surface area contributed by atoms with Crippen LogP contribution >= 0.6 is 11.3 Å². The molecule has 1 amide bonds. The molecule has 0 atom stereocenters. The largest absolute Gasteiger partial charge is 0.452 e. The predicted octanol–water partition coefficient (Wildman–Crippen LogP) is 1.10. The van der Waals surface area contributed by atoms with Crippen molar-refractivity contribution in [3.05, 3.63) is 46.1 Å². The maximum absolute atomic E-state index is 12.1. The first kappa shape index (κ1) is 20.4. The first-order valence-corrected chi connectivity index (χ1v) is 9.46. The van der Waals surface area contributed by atoms with Crippen LogP contribution in [-0.2, 0) is 19.6 Å². The highest BCUT2D eigenvalue weighted by atomic mass is 32.2. The van der Waals surface area contributed by atoms with Crippen molar-refractivity contribution in [3.8, 4) is 0 Å². The van der Waals surface area contributed by atoms with E-state index in [4.69, 9.17) is 4.74 Å². The van der Waals surface area contributed by atoms with E-state index in [1.807, 2.05) is 0 Å². The van der Waals surface area contributed by atoms with Crippen LogP contribution in [0.1, 0.15) is 10.4 Å². The molecule has 2 rings (SSSR count). The number of thiazole rings is 1. The first-order valence-electron chi connectivity index (χ1n) is 7.21. The Morgan fingerprint density at radius 3 is 2.67 bits per heavy atom. The van der Waals surface area contributed by atoms with Crippen molar-refractivity contribution in [2.24, 2.45) is 0 Å². The van der Waals surface area contributed by atoms with Crippen molar-refractivity contribution in [1.82, 2.24) is 9.29 Å². The lowest BCUT2D eigenvalue weighted by molar-refractivity contribution is -0.380. The molecule has 0 saturated carbocycles. The fourth-order valence-corrected chi connectivity index (χ4v) is 3.37. The zero-order valence-electron chi connectivity index (χ0n) is 14.1. The number of carbonyl (C=O) groups is 2. The van der Waals surface area contributed by atoms with Crippen LogP contribution in [0.2, 0.25) is 0 Å². The van der Waals surface area contributed by atoms with Gasteiger partial charge in [-0.2, -0.15) is 0 Å². The van der Waals surface area contributed by atoms with E-state index in [0.717, 1.165) is 16.6 Å². The number of hydrogen-bond donors (Lipinski definition) is 1. The summed E-state index contributed by atoms with van der Waals surface area (Å²) in [5.41, 5.74) is -0.0457. The minimum atomic E-state index is -3.73. The van der Waals surface area contributed by atoms with Crippen LogP contribution in [0.15, 0.2) is 35.4 Å². The van der Waals surface area contributed by atoms with Crippen molar-refractivity contribution in [1.29, 1.82) is 0 Å². The van der Waals surface area contributed by atoms with Crippen LogP contribution in [0.25, 0.3) is 0 Å². The summed E-state index contributed by atoms with van der Waals surface area (Å²) in [4.78, 5) is 37.2. The van der Waals surface area contributed by atoms with E-state index >= 15 is 0 Å². The number of anilines is 1. The van der Waals surface area contributed by atoms with Gasteiger partial charge in [0, 0.05) is 14.1 Å². The molecule has 0 aliphatic heterocycles. The number of sulfonamides is 1. The molecule has 13 heteroatoms. The molecule has 0 fully saturated rings. The summed E-state index contributed by atoms with van der Waals surface area (Å²) < 4.78 is 30.0. The zero-order chi connectivity index (χ0) is 20.2. The third-order valence-corrected chi connectivity index (χ3v) is 5.78. The normalized spacial score (nSPS) is 11.2. The number of nitrogens with zero attached hydrogens (tertiary/aromatic N) is 3. The van der Waals surface area contributed by atoms with E-state index in [0.29, 0.717) is 11.3 Å². The van der Waals surface area contributed by atoms with E-state index in [1.165, 1.54) is 32.3 Å². The number of benzene rings is 1. The Hall–Kier alpha value is -2.90. The summed E-state index contributed by atoms with van der Waals surface area (Å²) in [6.07, 6.45) is 0.989. The molecule has 11 nitrogen and oxygen atoms in total. The Labute approximate surface area is 157 Å². The van der Waals surface area contributed by atoms with Gasteiger partial charge in [-0.1, -0.05) is 6.07 Å². The lowest BCUT2D eigenvalue weighted by Gasteiger charge is -2.12. The highest BCUT2D eigenvalue weighted by Gasteiger charge is 2.20. The van der Waals surface area contributed by atoms with E-state index in [1.54, 1.807) is 0 Å². The number of esters is 1. The Bertz CT molecular complexity index is 985. The molecule has 0 aliphatic carbocycles. The first-order chi connectivity index (χ1) is 12.6. The predicted molar refractivity (Wildman–Crippen MR) is 95.0 cm³/mol. The van der Waals surface area contributed by atoms with E-state index in [2.05, 4.69) is 10.3 Å². The van der Waals surface area contributed by atoms with Crippen molar-refractivity contribution >= 4 is 43.4 Å². The molecule has 0 radical (unpaired) electrons. The molecule has 1 heterocycles. The SMILES string of the molecule is CN(C)S(=O)(=O)c1cccc(C(=O)OCC(=O)Nc2ncc([N+](=O)[O-])s2)c1. The minimum Gasteiger partial charge on any atom is -0.452 e. The van der Waals surface area contributed by atoms with Crippen molar-refractivity contribution in [2.45, 2.75) is 4.90 Å². The average Bonchev–Trinajstić information content (AvgIpc) is 3.08. The van der Waals surface area contributed by atoms with Crippen molar-refractivity contribution in [3.63, 3.8) is 0 Å². The fraction of sp³-hybridized carbons (Fsp3) is 0.214.